The second kappa shape index (κ2) is 9.07. The maximum Gasteiger partial charge on any atom is 0.416 e. The smallest absolute Gasteiger partial charge is 0.416 e. The number of morpholine rings is 1. The zero-order valence-corrected chi connectivity index (χ0v) is 16.2. The van der Waals surface area contributed by atoms with Gasteiger partial charge in [-0.25, -0.2) is 9.69 Å². The SMILES string of the molecule is O=C1OCCN1C(=O)[C@@H]([C@@H](Nc1ccccc1)c1ccccc1)N1CCOCC1. The molecule has 0 saturated carbocycles. The van der Waals surface area contributed by atoms with Crippen LogP contribution in [0.5, 0.6) is 0 Å². The fourth-order valence-corrected chi connectivity index (χ4v) is 3.84. The van der Waals surface area contributed by atoms with E-state index >= 15 is 0 Å². The first kappa shape index (κ1) is 19.4. The van der Waals surface area contributed by atoms with Crippen LogP contribution in [0.2, 0.25) is 0 Å². The molecule has 2 heterocycles. The first-order valence-electron chi connectivity index (χ1n) is 9.90. The van der Waals surface area contributed by atoms with Crippen molar-refractivity contribution < 1.29 is 19.1 Å². The first-order chi connectivity index (χ1) is 14.2. The number of ether oxygens (including phenoxy) is 2. The lowest BCUT2D eigenvalue weighted by Gasteiger charge is -2.39. The van der Waals surface area contributed by atoms with E-state index in [4.69, 9.17) is 9.47 Å². The number of hydrogen-bond donors (Lipinski definition) is 1. The van der Waals surface area contributed by atoms with Crippen LogP contribution in [0, 0.1) is 0 Å². The highest BCUT2D eigenvalue weighted by molar-refractivity contribution is 5.96. The number of imide groups is 1. The van der Waals surface area contributed by atoms with Gasteiger partial charge in [-0.15, -0.1) is 0 Å². The van der Waals surface area contributed by atoms with Crippen molar-refractivity contribution in [3.05, 3.63) is 66.2 Å². The molecule has 0 bridgehead atoms. The van der Waals surface area contributed by atoms with Crippen molar-refractivity contribution in [2.24, 2.45) is 0 Å². The van der Waals surface area contributed by atoms with Gasteiger partial charge in [-0.2, -0.15) is 0 Å². The van der Waals surface area contributed by atoms with Gasteiger partial charge in [0.25, 0.3) is 5.91 Å². The van der Waals surface area contributed by atoms with Gasteiger partial charge in [-0.1, -0.05) is 48.5 Å². The van der Waals surface area contributed by atoms with Crippen molar-refractivity contribution in [1.29, 1.82) is 0 Å². The van der Waals surface area contributed by atoms with Crippen LogP contribution in [-0.2, 0) is 14.3 Å². The Balaban J connectivity index is 1.72. The van der Waals surface area contributed by atoms with Crippen molar-refractivity contribution >= 4 is 17.7 Å². The number of nitrogens with one attached hydrogen (secondary N) is 1. The Morgan fingerprint density at radius 1 is 0.897 bits per heavy atom. The lowest BCUT2D eigenvalue weighted by Crippen LogP contribution is -2.56. The highest BCUT2D eigenvalue weighted by Gasteiger charge is 2.42. The number of anilines is 1. The Bertz CT molecular complexity index is 824. The number of carbonyl (C=O) groups is 2. The molecule has 2 saturated heterocycles. The maximum atomic E-state index is 13.6. The van der Waals surface area contributed by atoms with Crippen LogP contribution in [-0.4, -0.2) is 67.3 Å². The van der Waals surface area contributed by atoms with Crippen molar-refractivity contribution in [2.75, 3.05) is 44.8 Å². The van der Waals surface area contributed by atoms with E-state index in [0.29, 0.717) is 26.3 Å². The molecule has 0 spiro atoms. The summed E-state index contributed by atoms with van der Waals surface area (Å²) < 4.78 is 10.5. The fourth-order valence-electron chi connectivity index (χ4n) is 3.84. The van der Waals surface area contributed by atoms with E-state index in [0.717, 1.165) is 11.3 Å². The lowest BCUT2D eigenvalue weighted by molar-refractivity contribution is -0.136. The van der Waals surface area contributed by atoms with E-state index < -0.39 is 12.1 Å². The first-order valence-corrected chi connectivity index (χ1v) is 9.90. The average Bonchev–Trinajstić information content (AvgIpc) is 3.21. The molecule has 0 aliphatic carbocycles. The van der Waals surface area contributed by atoms with Gasteiger partial charge in [-0.05, 0) is 17.7 Å². The van der Waals surface area contributed by atoms with Crippen LogP contribution >= 0.6 is 0 Å². The van der Waals surface area contributed by atoms with Crippen molar-refractivity contribution in [2.45, 2.75) is 12.1 Å². The molecule has 0 aromatic heterocycles. The van der Waals surface area contributed by atoms with E-state index in [1.807, 2.05) is 60.7 Å². The lowest BCUT2D eigenvalue weighted by atomic mass is 9.95. The molecule has 2 aromatic carbocycles. The molecule has 2 atom stereocenters. The van der Waals surface area contributed by atoms with Crippen LogP contribution in [0.3, 0.4) is 0 Å². The molecule has 7 nitrogen and oxygen atoms in total. The average molecular weight is 395 g/mol. The highest BCUT2D eigenvalue weighted by atomic mass is 16.6. The molecule has 7 heteroatoms. The molecular formula is C22H25N3O4. The number of hydrogen-bond acceptors (Lipinski definition) is 6. The van der Waals surface area contributed by atoms with Gasteiger partial charge in [-0.3, -0.25) is 9.69 Å². The second-order valence-electron chi connectivity index (χ2n) is 7.10. The minimum atomic E-state index is -0.570. The van der Waals surface area contributed by atoms with E-state index in [1.54, 1.807) is 0 Å². The third-order valence-electron chi connectivity index (χ3n) is 5.29. The minimum absolute atomic E-state index is 0.239. The Morgan fingerprint density at radius 3 is 2.17 bits per heavy atom. The van der Waals surface area contributed by atoms with E-state index in [2.05, 4.69) is 10.2 Å². The van der Waals surface area contributed by atoms with Gasteiger partial charge < -0.3 is 14.8 Å². The summed E-state index contributed by atoms with van der Waals surface area (Å²) in [5, 5.41) is 3.53. The fraction of sp³-hybridized carbons (Fsp3) is 0.364. The molecule has 2 amide bonds. The standard InChI is InChI=1S/C22H25N3O4/c26-21(25-13-16-29-22(25)27)20(24-11-14-28-15-12-24)19(17-7-3-1-4-8-17)23-18-9-5-2-6-10-18/h1-10,19-20,23H,11-16H2/t19-,20+/m0/s1. The number of rotatable bonds is 6. The highest BCUT2D eigenvalue weighted by Crippen LogP contribution is 2.29. The number of nitrogens with zero attached hydrogens (tertiary/aromatic N) is 2. The minimum Gasteiger partial charge on any atom is -0.447 e. The summed E-state index contributed by atoms with van der Waals surface area (Å²) in [6.45, 7) is 2.88. The summed E-state index contributed by atoms with van der Waals surface area (Å²) in [6.07, 6.45) is -0.570. The summed E-state index contributed by atoms with van der Waals surface area (Å²) in [4.78, 5) is 29.0. The normalized spacial score (nSPS) is 19.4. The van der Waals surface area contributed by atoms with Gasteiger partial charge in [0.05, 0.1) is 25.8 Å². The predicted octanol–water partition coefficient (Wildman–Crippen LogP) is 2.52. The molecule has 0 radical (unpaired) electrons. The Labute approximate surface area is 170 Å². The van der Waals surface area contributed by atoms with Gasteiger partial charge in [0.15, 0.2) is 0 Å². The number of benzene rings is 2. The van der Waals surface area contributed by atoms with Crippen LogP contribution in [0.4, 0.5) is 10.5 Å². The number of amides is 2. The Morgan fingerprint density at radius 2 is 1.55 bits per heavy atom. The zero-order valence-electron chi connectivity index (χ0n) is 16.2. The van der Waals surface area contributed by atoms with Gasteiger partial charge in [0, 0.05) is 18.8 Å². The van der Waals surface area contributed by atoms with Gasteiger partial charge in [0.1, 0.15) is 12.6 Å². The summed E-state index contributed by atoms with van der Waals surface area (Å²) >= 11 is 0. The Kier molecular flexibility index (Phi) is 6.07. The van der Waals surface area contributed by atoms with E-state index in [1.165, 1.54) is 4.90 Å². The van der Waals surface area contributed by atoms with Crippen LogP contribution in [0.15, 0.2) is 60.7 Å². The third kappa shape index (κ3) is 4.41. The molecule has 0 unspecified atom stereocenters. The molecule has 2 aliphatic heterocycles. The van der Waals surface area contributed by atoms with Crippen LogP contribution in [0.25, 0.3) is 0 Å². The number of cyclic esters (lactones) is 1. The topological polar surface area (TPSA) is 71.1 Å². The van der Waals surface area contributed by atoms with E-state index in [9.17, 15) is 9.59 Å². The van der Waals surface area contributed by atoms with E-state index in [-0.39, 0.29) is 25.1 Å². The van der Waals surface area contributed by atoms with Crippen molar-refractivity contribution in [1.82, 2.24) is 9.80 Å². The summed E-state index contributed by atoms with van der Waals surface area (Å²) in [5.41, 5.74) is 1.89. The Hall–Kier alpha value is -2.90. The number of carbonyl (C=O) groups excluding carboxylic acids is 2. The van der Waals surface area contributed by atoms with Gasteiger partial charge >= 0.3 is 6.09 Å². The molecule has 152 valence electrons. The van der Waals surface area contributed by atoms with Crippen LogP contribution < -0.4 is 5.32 Å². The second-order valence-corrected chi connectivity index (χ2v) is 7.10. The molecule has 2 aromatic rings. The van der Waals surface area contributed by atoms with Crippen molar-refractivity contribution in [3.8, 4) is 0 Å². The van der Waals surface area contributed by atoms with Gasteiger partial charge in [0.2, 0.25) is 0 Å². The third-order valence-corrected chi connectivity index (χ3v) is 5.29. The number of para-hydroxylation sites is 1. The maximum absolute atomic E-state index is 13.6. The summed E-state index contributed by atoms with van der Waals surface area (Å²) in [7, 11) is 0. The quantitative estimate of drug-likeness (QED) is 0.811. The molecule has 2 fully saturated rings. The molecule has 29 heavy (non-hydrogen) atoms. The largest absolute Gasteiger partial charge is 0.447 e. The molecule has 4 rings (SSSR count). The predicted molar refractivity (Wildman–Crippen MR) is 108 cm³/mol. The molecular weight excluding hydrogens is 370 g/mol. The monoisotopic (exact) mass is 395 g/mol. The van der Waals surface area contributed by atoms with Crippen molar-refractivity contribution in [3.63, 3.8) is 0 Å². The summed E-state index contributed by atoms with van der Waals surface area (Å²) in [5.74, 6) is -0.244. The molecule has 2 aliphatic rings. The zero-order chi connectivity index (χ0) is 20.1. The van der Waals surface area contributed by atoms with Crippen LogP contribution in [0.1, 0.15) is 11.6 Å². The summed E-state index contributed by atoms with van der Waals surface area (Å²) in [6, 6.07) is 18.8. The molecule has 1 N–H and O–H groups in total.